The normalized spacial score (nSPS) is 9.85. The number of nitrogen functional groups attached to an aromatic ring is 1. The molecule has 1 aromatic heterocycles. The molecule has 2 rings (SSSR count). The Morgan fingerprint density at radius 3 is 2.62 bits per heavy atom. The molecule has 63 valence electrons. The van der Waals surface area contributed by atoms with E-state index in [0.29, 0.717) is 0 Å². The van der Waals surface area contributed by atoms with E-state index >= 15 is 0 Å². The Kier molecular flexibility index (Phi) is 1.96. The van der Waals surface area contributed by atoms with Gasteiger partial charge in [-0.15, -0.1) is 0 Å². The SMILES string of the molecule is Nc1c[c]ccc1-c1ccncc1. The van der Waals surface area contributed by atoms with Crippen LogP contribution in [0.1, 0.15) is 0 Å². The van der Waals surface area contributed by atoms with Gasteiger partial charge in [-0.1, -0.05) is 12.1 Å². The first kappa shape index (κ1) is 7.80. The van der Waals surface area contributed by atoms with Gasteiger partial charge >= 0.3 is 0 Å². The Balaban J connectivity index is 2.54. The van der Waals surface area contributed by atoms with Crippen molar-refractivity contribution >= 4 is 5.69 Å². The summed E-state index contributed by atoms with van der Waals surface area (Å²) in [6.45, 7) is 0. The lowest BCUT2D eigenvalue weighted by molar-refractivity contribution is 1.33. The second-order valence-corrected chi connectivity index (χ2v) is 2.75. The lowest BCUT2D eigenvalue weighted by Crippen LogP contribution is -1.88. The summed E-state index contributed by atoms with van der Waals surface area (Å²) in [7, 11) is 0. The van der Waals surface area contributed by atoms with Gasteiger partial charge in [0.05, 0.1) is 0 Å². The predicted molar refractivity (Wildman–Crippen MR) is 52.9 cm³/mol. The molecule has 0 amide bonds. The van der Waals surface area contributed by atoms with Crippen LogP contribution in [-0.4, -0.2) is 4.98 Å². The fourth-order valence-electron chi connectivity index (χ4n) is 1.24. The fourth-order valence-corrected chi connectivity index (χ4v) is 1.24. The van der Waals surface area contributed by atoms with Crippen molar-refractivity contribution < 1.29 is 0 Å². The number of nitrogens with zero attached hydrogens (tertiary/aromatic N) is 1. The third-order valence-electron chi connectivity index (χ3n) is 1.89. The maximum absolute atomic E-state index is 5.80. The summed E-state index contributed by atoms with van der Waals surface area (Å²) in [6.07, 6.45) is 3.51. The van der Waals surface area contributed by atoms with E-state index in [1.807, 2.05) is 24.3 Å². The predicted octanol–water partition coefficient (Wildman–Crippen LogP) is 2.13. The van der Waals surface area contributed by atoms with Crippen LogP contribution < -0.4 is 5.73 Å². The Labute approximate surface area is 77.0 Å². The van der Waals surface area contributed by atoms with Crippen molar-refractivity contribution in [3.63, 3.8) is 0 Å². The van der Waals surface area contributed by atoms with E-state index in [2.05, 4.69) is 11.1 Å². The highest BCUT2D eigenvalue weighted by Gasteiger charge is 1.99. The van der Waals surface area contributed by atoms with Crippen LogP contribution >= 0.6 is 0 Å². The quantitative estimate of drug-likeness (QED) is 0.664. The molecule has 0 aliphatic carbocycles. The smallest absolute Gasteiger partial charge is 0.0399 e. The molecule has 1 aromatic carbocycles. The Hall–Kier alpha value is -1.83. The zero-order chi connectivity index (χ0) is 9.10. The van der Waals surface area contributed by atoms with E-state index in [9.17, 15) is 0 Å². The monoisotopic (exact) mass is 169 g/mol. The number of hydrogen-bond donors (Lipinski definition) is 1. The van der Waals surface area contributed by atoms with Crippen LogP contribution in [0.25, 0.3) is 11.1 Å². The number of aromatic nitrogens is 1. The third kappa shape index (κ3) is 1.51. The van der Waals surface area contributed by atoms with E-state index < -0.39 is 0 Å². The van der Waals surface area contributed by atoms with Crippen molar-refractivity contribution in [3.05, 3.63) is 48.8 Å². The van der Waals surface area contributed by atoms with Gasteiger partial charge < -0.3 is 5.73 Å². The van der Waals surface area contributed by atoms with Crippen molar-refractivity contribution in [1.82, 2.24) is 4.98 Å². The lowest BCUT2D eigenvalue weighted by atomic mass is 10.1. The van der Waals surface area contributed by atoms with Gasteiger partial charge in [0.2, 0.25) is 0 Å². The molecule has 0 spiro atoms. The molecule has 13 heavy (non-hydrogen) atoms. The van der Waals surface area contributed by atoms with Crippen molar-refractivity contribution in [2.24, 2.45) is 0 Å². The highest BCUT2D eigenvalue weighted by molar-refractivity contribution is 5.75. The molecule has 0 aliphatic rings. The molecule has 1 radical (unpaired) electrons. The maximum Gasteiger partial charge on any atom is 0.0399 e. The van der Waals surface area contributed by atoms with E-state index in [1.165, 1.54) is 0 Å². The minimum absolute atomic E-state index is 0.744. The van der Waals surface area contributed by atoms with Gasteiger partial charge in [-0.2, -0.15) is 0 Å². The maximum atomic E-state index is 5.80. The summed E-state index contributed by atoms with van der Waals surface area (Å²) in [5.41, 5.74) is 8.66. The minimum atomic E-state index is 0.744. The van der Waals surface area contributed by atoms with Crippen molar-refractivity contribution in [2.45, 2.75) is 0 Å². The van der Waals surface area contributed by atoms with Gasteiger partial charge in [0.1, 0.15) is 0 Å². The molecule has 2 N–H and O–H groups in total. The van der Waals surface area contributed by atoms with Gasteiger partial charge in [0, 0.05) is 23.6 Å². The second-order valence-electron chi connectivity index (χ2n) is 2.75. The Bertz CT molecular complexity index is 396. The summed E-state index contributed by atoms with van der Waals surface area (Å²) in [6, 6.07) is 12.4. The zero-order valence-corrected chi connectivity index (χ0v) is 7.07. The van der Waals surface area contributed by atoms with Crippen molar-refractivity contribution in [3.8, 4) is 11.1 Å². The summed E-state index contributed by atoms with van der Waals surface area (Å²) in [5, 5.41) is 0. The molecule has 0 unspecified atom stereocenters. The molecule has 0 aliphatic heterocycles. The molecule has 2 aromatic rings. The number of nitrogens with two attached hydrogens (primary N) is 1. The summed E-state index contributed by atoms with van der Waals surface area (Å²) < 4.78 is 0. The first-order chi connectivity index (χ1) is 6.38. The zero-order valence-electron chi connectivity index (χ0n) is 7.07. The fraction of sp³-hybridized carbons (Fsp3) is 0. The third-order valence-corrected chi connectivity index (χ3v) is 1.89. The minimum Gasteiger partial charge on any atom is -0.398 e. The van der Waals surface area contributed by atoms with Gasteiger partial charge in [0.25, 0.3) is 0 Å². The van der Waals surface area contributed by atoms with Crippen LogP contribution in [-0.2, 0) is 0 Å². The molecule has 2 nitrogen and oxygen atoms in total. The number of benzene rings is 1. The summed E-state index contributed by atoms with van der Waals surface area (Å²) in [4.78, 5) is 3.95. The average Bonchev–Trinajstić information content (AvgIpc) is 2.20. The topological polar surface area (TPSA) is 38.9 Å². The molecule has 0 fully saturated rings. The first-order valence-electron chi connectivity index (χ1n) is 4.04. The van der Waals surface area contributed by atoms with Crippen LogP contribution in [0.5, 0.6) is 0 Å². The van der Waals surface area contributed by atoms with Gasteiger partial charge in [-0.3, -0.25) is 4.98 Å². The molecular weight excluding hydrogens is 160 g/mol. The van der Waals surface area contributed by atoms with E-state index in [0.717, 1.165) is 16.8 Å². The Morgan fingerprint density at radius 2 is 1.92 bits per heavy atom. The molecule has 0 atom stereocenters. The molecule has 0 bridgehead atoms. The summed E-state index contributed by atoms with van der Waals surface area (Å²) in [5.74, 6) is 0. The highest BCUT2D eigenvalue weighted by Crippen LogP contribution is 2.23. The standard InChI is InChI=1S/C11H9N2/c12-11-4-2-1-3-10(11)9-5-7-13-8-6-9/h1,3-8H,12H2. The molecular formula is C11H9N2. The largest absolute Gasteiger partial charge is 0.398 e. The number of pyridine rings is 1. The molecule has 1 heterocycles. The summed E-state index contributed by atoms with van der Waals surface area (Å²) >= 11 is 0. The van der Waals surface area contributed by atoms with Crippen LogP contribution in [0.2, 0.25) is 0 Å². The first-order valence-corrected chi connectivity index (χ1v) is 4.04. The van der Waals surface area contributed by atoms with Gasteiger partial charge in [-0.05, 0) is 29.8 Å². The number of anilines is 1. The Morgan fingerprint density at radius 1 is 1.15 bits per heavy atom. The molecule has 0 saturated heterocycles. The van der Waals surface area contributed by atoms with Crippen LogP contribution in [0, 0.1) is 6.07 Å². The van der Waals surface area contributed by atoms with E-state index in [1.54, 1.807) is 18.5 Å². The number of rotatable bonds is 1. The molecule has 2 heteroatoms. The lowest BCUT2D eigenvalue weighted by Gasteiger charge is -2.03. The molecule has 0 saturated carbocycles. The van der Waals surface area contributed by atoms with Gasteiger partial charge in [-0.25, -0.2) is 0 Å². The van der Waals surface area contributed by atoms with Crippen molar-refractivity contribution in [2.75, 3.05) is 5.73 Å². The van der Waals surface area contributed by atoms with Crippen molar-refractivity contribution in [1.29, 1.82) is 0 Å². The van der Waals surface area contributed by atoms with Crippen LogP contribution in [0.4, 0.5) is 5.69 Å². The van der Waals surface area contributed by atoms with E-state index in [-0.39, 0.29) is 0 Å². The van der Waals surface area contributed by atoms with Gasteiger partial charge in [0.15, 0.2) is 0 Å². The number of hydrogen-bond acceptors (Lipinski definition) is 2. The van der Waals surface area contributed by atoms with E-state index in [4.69, 9.17) is 5.73 Å². The highest BCUT2D eigenvalue weighted by atomic mass is 14.6. The average molecular weight is 169 g/mol. The van der Waals surface area contributed by atoms with Crippen LogP contribution in [0.3, 0.4) is 0 Å². The second kappa shape index (κ2) is 3.27. The van der Waals surface area contributed by atoms with Crippen LogP contribution in [0.15, 0.2) is 42.7 Å².